The summed E-state index contributed by atoms with van der Waals surface area (Å²) in [6.07, 6.45) is 0. The predicted octanol–water partition coefficient (Wildman–Crippen LogP) is 1.81. The van der Waals surface area contributed by atoms with Crippen molar-refractivity contribution in [3.8, 4) is 23.0 Å². The van der Waals surface area contributed by atoms with E-state index in [2.05, 4.69) is 0 Å². The molecule has 0 radical (unpaired) electrons. The molecule has 3 heteroatoms. The number of methoxy groups -OCH3 is 2. The average molecular weight is 152 g/mol. The molecule has 1 aromatic rings. The monoisotopic (exact) mass is 152 g/mol. The van der Waals surface area contributed by atoms with Gasteiger partial charge in [0.15, 0.2) is 11.5 Å². The molecule has 3 nitrogen and oxygen atoms in total. The fourth-order valence-corrected chi connectivity index (χ4v) is 1.11. The van der Waals surface area contributed by atoms with E-state index in [9.17, 15) is 0 Å². The Kier molecular flexibility index (Phi) is 1.18. The topological polar surface area (TPSA) is 27.7 Å². The molecule has 2 aliphatic rings. The predicted molar refractivity (Wildman–Crippen MR) is 39.6 cm³/mol. The lowest BCUT2D eigenvalue weighted by molar-refractivity contribution is 0.316. The molecule has 0 saturated carbocycles. The van der Waals surface area contributed by atoms with Crippen LogP contribution in [0.2, 0.25) is 0 Å². The Hall–Kier alpha value is -1.38. The summed E-state index contributed by atoms with van der Waals surface area (Å²) in [4.78, 5) is 0. The molecule has 0 spiro atoms. The van der Waals surface area contributed by atoms with Gasteiger partial charge in [0.1, 0.15) is 5.75 Å². The van der Waals surface area contributed by atoms with E-state index in [1.165, 1.54) is 0 Å². The van der Waals surface area contributed by atoms with Gasteiger partial charge in [-0.15, -0.1) is 0 Å². The average Bonchev–Trinajstić information content (AvgIpc) is 2.01. The van der Waals surface area contributed by atoms with E-state index in [0.29, 0.717) is 5.75 Å². The number of hydrogen-bond acceptors (Lipinski definition) is 3. The minimum Gasteiger partial charge on any atom is -0.493 e. The van der Waals surface area contributed by atoms with Crippen LogP contribution in [-0.4, -0.2) is 14.2 Å². The van der Waals surface area contributed by atoms with Crippen LogP contribution in [0, 0.1) is 0 Å². The van der Waals surface area contributed by atoms with Crippen LogP contribution in [0.3, 0.4) is 0 Å². The van der Waals surface area contributed by atoms with Crippen LogP contribution in [0.1, 0.15) is 0 Å². The van der Waals surface area contributed by atoms with E-state index >= 15 is 0 Å². The normalized spacial score (nSPS) is 11.5. The molecule has 2 heterocycles. The third-order valence-electron chi connectivity index (χ3n) is 1.65. The molecule has 11 heavy (non-hydrogen) atoms. The summed E-state index contributed by atoms with van der Waals surface area (Å²) in [5.74, 6) is 2.98. The molecule has 0 atom stereocenters. The Morgan fingerprint density at radius 1 is 1.18 bits per heavy atom. The van der Waals surface area contributed by atoms with Crippen LogP contribution in [0.5, 0.6) is 23.0 Å². The second kappa shape index (κ2) is 2.05. The summed E-state index contributed by atoms with van der Waals surface area (Å²) in [5, 5.41) is 0. The van der Waals surface area contributed by atoms with Gasteiger partial charge in [-0.05, 0) is 0 Å². The van der Waals surface area contributed by atoms with Crippen LogP contribution < -0.4 is 14.2 Å². The SMILES string of the molecule is COc1cc2cc(c1OC)O2. The first-order valence-corrected chi connectivity index (χ1v) is 3.29. The van der Waals surface area contributed by atoms with E-state index in [1.807, 2.05) is 6.07 Å². The molecule has 1 aromatic carbocycles. The number of benzene rings is 1. The summed E-state index contributed by atoms with van der Waals surface area (Å²) in [6, 6.07) is 3.70. The van der Waals surface area contributed by atoms with Crippen molar-refractivity contribution in [2.24, 2.45) is 0 Å². The van der Waals surface area contributed by atoms with Gasteiger partial charge in [-0.1, -0.05) is 0 Å². The highest BCUT2D eigenvalue weighted by Crippen LogP contribution is 2.49. The van der Waals surface area contributed by atoms with Gasteiger partial charge in [-0.2, -0.15) is 0 Å². The van der Waals surface area contributed by atoms with E-state index in [-0.39, 0.29) is 0 Å². The van der Waals surface area contributed by atoms with Gasteiger partial charge in [-0.3, -0.25) is 0 Å². The second-order valence-corrected chi connectivity index (χ2v) is 2.26. The summed E-state index contributed by atoms with van der Waals surface area (Å²) in [7, 11) is 3.20. The fraction of sp³-hybridized carbons (Fsp3) is 0.250. The van der Waals surface area contributed by atoms with Crippen LogP contribution in [-0.2, 0) is 0 Å². The first-order chi connectivity index (χ1) is 5.35. The van der Waals surface area contributed by atoms with Gasteiger partial charge in [0.05, 0.1) is 14.2 Å². The third kappa shape index (κ3) is 0.738. The zero-order valence-corrected chi connectivity index (χ0v) is 6.38. The van der Waals surface area contributed by atoms with Gasteiger partial charge in [0, 0.05) is 12.1 Å². The van der Waals surface area contributed by atoms with E-state index < -0.39 is 0 Å². The maximum Gasteiger partial charge on any atom is 0.204 e. The van der Waals surface area contributed by atoms with E-state index in [4.69, 9.17) is 14.2 Å². The minimum atomic E-state index is 0.669. The molecule has 2 bridgehead atoms. The van der Waals surface area contributed by atoms with Gasteiger partial charge in [0.25, 0.3) is 0 Å². The molecule has 2 aliphatic heterocycles. The zero-order chi connectivity index (χ0) is 7.84. The van der Waals surface area contributed by atoms with Gasteiger partial charge < -0.3 is 14.2 Å². The minimum absolute atomic E-state index is 0.669. The third-order valence-corrected chi connectivity index (χ3v) is 1.65. The van der Waals surface area contributed by atoms with Crippen molar-refractivity contribution in [2.45, 2.75) is 0 Å². The second-order valence-electron chi connectivity index (χ2n) is 2.26. The van der Waals surface area contributed by atoms with Crippen LogP contribution in [0.4, 0.5) is 0 Å². The smallest absolute Gasteiger partial charge is 0.204 e. The first kappa shape index (κ1) is 6.34. The highest BCUT2D eigenvalue weighted by atomic mass is 16.5. The number of ether oxygens (including phenoxy) is 3. The largest absolute Gasteiger partial charge is 0.493 e. The van der Waals surface area contributed by atoms with Gasteiger partial charge in [0.2, 0.25) is 5.75 Å². The molecule has 0 N–H and O–H groups in total. The number of rotatable bonds is 2. The van der Waals surface area contributed by atoms with Crippen molar-refractivity contribution < 1.29 is 14.2 Å². The van der Waals surface area contributed by atoms with Crippen LogP contribution in [0.15, 0.2) is 12.1 Å². The number of hydrogen-bond donors (Lipinski definition) is 0. The highest BCUT2D eigenvalue weighted by molar-refractivity contribution is 5.62. The summed E-state index contributed by atoms with van der Waals surface area (Å²) >= 11 is 0. The molecule has 0 saturated heterocycles. The fourth-order valence-electron chi connectivity index (χ4n) is 1.11. The van der Waals surface area contributed by atoms with Gasteiger partial charge in [-0.25, -0.2) is 0 Å². The quantitative estimate of drug-likeness (QED) is 0.656. The van der Waals surface area contributed by atoms with Crippen LogP contribution in [0.25, 0.3) is 0 Å². The summed E-state index contributed by atoms with van der Waals surface area (Å²) in [5.41, 5.74) is 0. The van der Waals surface area contributed by atoms with Crippen LogP contribution >= 0.6 is 0 Å². The molecule has 0 unspecified atom stereocenters. The highest BCUT2D eigenvalue weighted by Gasteiger charge is 2.21. The Morgan fingerprint density at radius 3 is 2.36 bits per heavy atom. The zero-order valence-electron chi connectivity index (χ0n) is 6.38. The van der Waals surface area contributed by atoms with Crippen molar-refractivity contribution in [1.82, 2.24) is 0 Å². The van der Waals surface area contributed by atoms with Crippen molar-refractivity contribution in [1.29, 1.82) is 0 Å². The van der Waals surface area contributed by atoms with Crippen molar-refractivity contribution in [2.75, 3.05) is 14.2 Å². The lowest BCUT2D eigenvalue weighted by Gasteiger charge is -2.21. The first-order valence-electron chi connectivity index (χ1n) is 3.29. The molecule has 0 aromatic heterocycles. The summed E-state index contributed by atoms with van der Waals surface area (Å²) < 4.78 is 15.3. The Balaban J connectivity index is 2.50. The maximum absolute atomic E-state index is 5.17. The Morgan fingerprint density at radius 2 is 1.91 bits per heavy atom. The van der Waals surface area contributed by atoms with E-state index in [0.717, 1.165) is 17.2 Å². The van der Waals surface area contributed by atoms with Gasteiger partial charge >= 0.3 is 0 Å². The molecule has 3 rings (SSSR count). The van der Waals surface area contributed by atoms with E-state index in [1.54, 1.807) is 20.3 Å². The molecular weight excluding hydrogens is 144 g/mol. The van der Waals surface area contributed by atoms with Crippen molar-refractivity contribution in [3.63, 3.8) is 0 Å². The molecule has 0 fully saturated rings. The molecular formula is C8H8O3. The molecule has 0 amide bonds. The van der Waals surface area contributed by atoms with Crippen molar-refractivity contribution >= 4 is 0 Å². The Labute approximate surface area is 64.5 Å². The number of fused-ring (bicyclic) bond motifs is 2. The Bertz CT molecular complexity index is 294. The molecule has 58 valence electrons. The summed E-state index contributed by atoms with van der Waals surface area (Å²) in [6.45, 7) is 0. The lowest BCUT2D eigenvalue weighted by atomic mass is 10.2. The lowest BCUT2D eigenvalue weighted by Crippen LogP contribution is -2.01. The van der Waals surface area contributed by atoms with Crippen molar-refractivity contribution in [3.05, 3.63) is 12.1 Å². The molecule has 0 aliphatic carbocycles. The standard InChI is InChI=1S/C8H8O3/c1-9-6-3-5-4-7(11-5)8(6)10-2/h3-4H,1-2H3. The maximum atomic E-state index is 5.17.